The molecular formula is C29H54NO6+. The van der Waals surface area contributed by atoms with Crippen molar-refractivity contribution in [1.82, 2.24) is 0 Å². The van der Waals surface area contributed by atoms with Gasteiger partial charge in [-0.1, -0.05) is 85.5 Å². The van der Waals surface area contributed by atoms with Crippen LogP contribution in [-0.2, 0) is 14.4 Å². The first kappa shape index (κ1) is 34.1. The van der Waals surface area contributed by atoms with E-state index in [1.54, 1.807) is 0 Å². The molecule has 0 rings (SSSR count). The number of carboxylic acids is 3. The Kier molecular flexibility index (Phi) is 19.1. The lowest BCUT2D eigenvalue weighted by atomic mass is 9.96. The third-order valence-electron chi connectivity index (χ3n) is 7.42. The van der Waals surface area contributed by atoms with Crippen LogP contribution in [0.3, 0.4) is 0 Å². The Morgan fingerprint density at radius 1 is 0.583 bits per heavy atom. The number of quaternary nitrogens is 1. The molecule has 3 unspecified atom stereocenters. The first-order chi connectivity index (χ1) is 17.2. The van der Waals surface area contributed by atoms with Gasteiger partial charge in [0.1, 0.15) is 17.8 Å². The average molecular weight is 513 g/mol. The predicted octanol–water partition coefficient (Wildman–Crippen LogP) is 6.96. The zero-order valence-corrected chi connectivity index (χ0v) is 23.4. The molecular weight excluding hydrogens is 458 g/mol. The summed E-state index contributed by atoms with van der Waals surface area (Å²) in [5.74, 6) is -4.75. The fourth-order valence-corrected chi connectivity index (χ4v) is 4.92. The molecule has 210 valence electrons. The summed E-state index contributed by atoms with van der Waals surface area (Å²) in [6.07, 6.45) is 18.5. The maximum Gasteiger partial charge on any atom is 0.312 e. The Hall–Kier alpha value is -1.89. The van der Waals surface area contributed by atoms with E-state index in [2.05, 4.69) is 6.92 Å². The minimum Gasteiger partial charge on any atom is -0.481 e. The average Bonchev–Trinajstić information content (AvgIpc) is 2.84. The minimum absolute atomic E-state index is 0.0815. The lowest BCUT2D eigenvalue weighted by Gasteiger charge is -2.40. The molecule has 0 saturated heterocycles. The summed E-state index contributed by atoms with van der Waals surface area (Å²) in [6.45, 7) is 8.27. The van der Waals surface area contributed by atoms with Crippen LogP contribution in [0.4, 0.5) is 0 Å². The number of unbranched alkanes of at least 4 members (excludes halogenated alkanes) is 10. The Balaban J connectivity index is 5.37. The van der Waals surface area contributed by atoms with Crippen LogP contribution in [0.25, 0.3) is 0 Å². The second-order valence-electron chi connectivity index (χ2n) is 10.5. The summed E-state index contributed by atoms with van der Waals surface area (Å²) < 4.78 is 0.0815. The maximum atomic E-state index is 11.9. The van der Waals surface area contributed by atoms with Crippen molar-refractivity contribution >= 4 is 17.9 Å². The Labute approximate surface area is 219 Å². The number of allylic oxidation sites excluding steroid dienone is 1. The van der Waals surface area contributed by atoms with Crippen LogP contribution in [0.1, 0.15) is 118 Å². The van der Waals surface area contributed by atoms with Gasteiger partial charge in [0.2, 0.25) is 0 Å². The summed E-state index contributed by atoms with van der Waals surface area (Å²) >= 11 is 0. The van der Waals surface area contributed by atoms with E-state index in [-0.39, 0.29) is 24.1 Å². The van der Waals surface area contributed by atoms with E-state index in [4.69, 9.17) is 0 Å². The molecule has 0 aliphatic heterocycles. The Morgan fingerprint density at radius 2 is 0.917 bits per heavy atom. The number of carbonyl (C=O) groups is 3. The number of nitrogens with zero attached hydrogens (tertiary/aromatic N) is 1. The van der Waals surface area contributed by atoms with Gasteiger partial charge in [-0.25, -0.2) is 0 Å². The topological polar surface area (TPSA) is 112 Å². The van der Waals surface area contributed by atoms with Crippen LogP contribution < -0.4 is 0 Å². The van der Waals surface area contributed by atoms with Crippen LogP contribution in [0, 0.1) is 17.8 Å². The van der Waals surface area contributed by atoms with Gasteiger partial charge in [-0.2, -0.15) is 0 Å². The highest BCUT2D eigenvalue weighted by molar-refractivity contribution is 5.71. The molecule has 3 N–H and O–H groups in total. The van der Waals surface area contributed by atoms with Crippen molar-refractivity contribution in [2.75, 3.05) is 19.6 Å². The van der Waals surface area contributed by atoms with Gasteiger partial charge in [-0.05, 0) is 38.2 Å². The lowest BCUT2D eigenvalue weighted by molar-refractivity contribution is -0.887. The summed E-state index contributed by atoms with van der Waals surface area (Å²) in [7, 11) is 0. The zero-order valence-electron chi connectivity index (χ0n) is 23.4. The molecule has 3 atom stereocenters. The van der Waals surface area contributed by atoms with Gasteiger partial charge in [0.15, 0.2) is 0 Å². The number of hydrogen-bond acceptors (Lipinski definition) is 3. The van der Waals surface area contributed by atoms with Gasteiger partial charge >= 0.3 is 17.9 Å². The van der Waals surface area contributed by atoms with Crippen molar-refractivity contribution < 1.29 is 34.2 Å². The fraction of sp³-hybridized carbons (Fsp3) is 0.828. The highest BCUT2D eigenvalue weighted by Gasteiger charge is 2.39. The second kappa shape index (κ2) is 20.2. The molecule has 0 aromatic heterocycles. The summed E-state index contributed by atoms with van der Waals surface area (Å²) in [4.78, 5) is 35.7. The largest absolute Gasteiger partial charge is 0.481 e. The molecule has 0 spiro atoms. The van der Waals surface area contributed by atoms with Gasteiger partial charge in [0, 0.05) is 0 Å². The van der Waals surface area contributed by atoms with E-state index in [0.717, 1.165) is 19.3 Å². The van der Waals surface area contributed by atoms with E-state index in [1.165, 1.54) is 51.4 Å². The van der Waals surface area contributed by atoms with Gasteiger partial charge < -0.3 is 15.3 Å². The van der Waals surface area contributed by atoms with Gasteiger partial charge in [0.25, 0.3) is 0 Å². The first-order valence-electron chi connectivity index (χ1n) is 14.4. The van der Waals surface area contributed by atoms with Crippen LogP contribution in [0.5, 0.6) is 0 Å². The molecule has 36 heavy (non-hydrogen) atoms. The number of rotatable bonds is 24. The normalized spacial score (nSPS) is 15.9. The summed E-state index contributed by atoms with van der Waals surface area (Å²) in [6, 6.07) is 0. The number of aliphatic carboxylic acids is 3. The standard InChI is InChI=1S/C29H53NO6/c1-5-9-10-11-12-13-14-15-16-17-18-19-20-30(21-24(6-2)27(31)32,22-25(7-3)28(33)34)23-26(8-4)29(35)36/h19-20,24-26H,5-18,21-23H2,1-4H3,(H2-,31,32,33,34,35,36)/p+1/b20-19+. The first-order valence-corrected chi connectivity index (χ1v) is 14.4. The molecule has 0 saturated carbocycles. The fourth-order valence-electron chi connectivity index (χ4n) is 4.92. The van der Waals surface area contributed by atoms with Crippen molar-refractivity contribution in [3.05, 3.63) is 12.3 Å². The predicted molar refractivity (Wildman–Crippen MR) is 145 cm³/mol. The molecule has 0 radical (unpaired) electrons. The van der Waals surface area contributed by atoms with Gasteiger partial charge in [-0.3, -0.25) is 18.9 Å². The van der Waals surface area contributed by atoms with E-state index < -0.39 is 35.7 Å². The SMILES string of the molecule is CCCCCCCCCCCC/C=C/[N+](CC(CC)C(=O)O)(CC(CC)C(=O)O)CC(CC)C(=O)O. The molecule has 0 fully saturated rings. The molecule has 7 nitrogen and oxygen atoms in total. The smallest absolute Gasteiger partial charge is 0.312 e. The minimum atomic E-state index is -0.921. The summed E-state index contributed by atoms with van der Waals surface area (Å²) in [5, 5.41) is 29.2. The van der Waals surface area contributed by atoms with Crippen LogP contribution >= 0.6 is 0 Å². The van der Waals surface area contributed by atoms with Crippen molar-refractivity contribution in [3.8, 4) is 0 Å². The summed E-state index contributed by atoms with van der Waals surface area (Å²) in [5.41, 5.74) is 0. The van der Waals surface area contributed by atoms with Crippen LogP contribution in [-0.4, -0.2) is 57.3 Å². The molecule has 0 bridgehead atoms. The van der Waals surface area contributed by atoms with Crippen LogP contribution in [0.2, 0.25) is 0 Å². The monoisotopic (exact) mass is 512 g/mol. The quantitative estimate of drug-likeness (QED) is 0.0952. The third-order valence-corrected chi connectivity index (χ3v) is 7.42. The third kappa shape index (κ3) is 14.6. The molecule has 0 heterocycles. The molecule has 0 aliphatic rings. The van der Waals surface area contributed by atoms with E-state index in [1.807, 2.05) is 33.0 Å². The Morgan fingerprint density at radius 3 is 1.22 bits per heavy atom. The Bertz CT molecular complexity index is 588. The maximum absolute atomic E-state index is 11.9. The van der Waals surface area contributed by atoms with Gasteiger partial charge in [-0.15, -0.1) is 0 Å². The molecule has 7 heteroatoms. The van der Waals surface area contributed by atoms with Crippen molar-refractivity contribution in [1.29, 1.82) is 0 Å². The molecule has 0 amide bonds. The van der Waals surface area contributed by atoms with Crippen LogP contribution in [0.15, 0.2) is 12.3 Å². The number of carboxylic acid groups (broad SMARTS) is 3. The van der Waals surface area contributed by atoms with Crippen molar-refractivity contribution in [3.63, 3.8) is 0 Å². The van der Waals surface area contributed by atoms with Crippen molar-refractivity contribution in [2.24, 2.45) is 17.8 Å². The second-order valence-corrected chi connectivity index (χ2v) is 10.5. The molecule has 0 aromatic rings. The molecule has 0 aromatic carbocycles. The van der Waals surface area contributed by atoms with Crippen molar-refractivity contribution in [2.45, 2.75) is 118 Å². The van der Waals surface area contributed by atoms with E-state index in [9.17, 15) is 29.7 Å². The van der Waals surface area contributed by atoms with E-state index >= 15 is 0 Å². The van der Waals surface area contributed by atoms with E-state index in [0.29, 0.717) is 19.3 Å². The zero-order chi connectivity index (χ0) is 27.4. The highest BCUT2D eigenvalue weighted by Crippen LogP contribution is 2.25. The highest BCUT2D eigenvalue weighted by atomic mass is 16.4. The lowest BCUT2D eigenvalue weighted by Crippen LogP contribution is -2.54. The number of hydrogen-bond donors (Lipinski definition) is 3. The molecule has 0 aliphatic carbocycles. The van der Waals surface area contributed by atoms with Gasteiger partial charge in [0.05, 0.1) is 25.8 Å².